The Morgan fingerprint density at radius 3 is 1.88 bits per heavy atom. The minimum absolute atomic E-state index is 0.0940. The lowest BCUT2D eigenvalue weighted by atomic mass is 10.1. The van der Waals surface area contributed by atoms with E-state index in [9.17, 15) is 22.8 Å². The monoisotopic (exact) mass is 443 g/mol. The molecule has 3 heterocycles. The molecule has 0 spiro atoms. The number of nitrogens with zero attached hydrogens (tertiary/aromatic N) is 5. The number of hydrogen-bond acceptors (Lipinski definition) is 4. The second kappa shape index (κ2) is 8.81. The van der Waals surface area contributed by atoms with Crippen LogP contribution in [0.1, 0.15) is 32.8 Å². The minimum Gasteiger partial charge on any atom is -0.337 e. The van der Waals surface area contributed by atoms with Gasteiger partial charge < -0.3 is 9.80 Å². The maximum absolute atomic E-state index is 12.9. The van der Waals surface area contributed by atoms with Gasteiger partial charge in [-0.05, 0) is 48.9 Å². The smallest absolute Gasteiger partial charge is 0.337 e. The molecule has 2 amide bonds. The van der Waals surface area contributed by atoms with Crippen molar-refractivity contribution in [2.75, 3.05) is 26.2 Å². The number of carbonyl (C=O) groups excluding carboxylic acids is 2. The van der Waals surface area contributed by atoms with Gasteiger partial charge in [-0.2, -0.15) is 18.3 Å². The Morgan fingerprint density at radius 2 is 1.34 bits per heavy atom. The number of alkyl halides is 3. The third-order valence-corrected chi connectivity index (χ3v) is 5.26. The van der Waals surface area contributed by atoms with Gasteiger partial charge >= 0.3 is 6.18 Å². The quantitative estimate of drug-likeness (QED) is 0.623. The van der Waals surface area contributed by atoms with Crippen LogP contribution in [0.4, 0.5) is 13.2 Å². The zero-order chi connectivity index (χ0) is 22.7. The van der Waals surface area contributed by atoms with E-state index in [2.05, 4.69) is 10.1 Å². The van der Waals surface area contributed by atoms with Crippen molar-refractivity contribution in [2.24, 2.45) is 0 Å². The van der Waals surface area contributed by atoms with Crippen molar-refractivity contribution in [2.45, 2.75) is 12.6 Å². The second-order valence-corrected chi connectivity index (χ2v) is 7.36. The molecular formula is C22H20F3N5O2. The lowest BCUT2D eigenvalue weighted by molar-refractivity contribution is -0.141. The van der Waals surface area contributed by atoms with Gasteiger partial charge in [0, 0.05) is 55.9 Å². The molecule has 1 aliphatic rings. The molecule has 7 nitrogen and oxygen atoms in total. The first kappa shape index (κ1) is 21.5. The van der Waals surface area contributed by atoms with Crippen LogP contribution in [0.15, 0.2) is 61.1 Å². The third-order valence-electron chi connectivity index (χ3n) is 5.26. The fourth-order valence-electron chi connectivity index (χ4n) is 3.56. The van der Waals surface area contributed by atoms with Gasteiger partial charge in [-0.15, -0.1) is 0 Å². The number of halogens is 3. The van der Waals surface area contributed by atoms with E-state index in [1.807, 2.05) is 0 Å². The Kier molecular flexibility index (Phi) is 5.93. The Labute approximate surface area is 182 Å². The highest BCUT2D eigenvalue weighted by atomic mass is 19.4. The van der Waals surface area contributed by atoms with E-state index in [4.69, 9.17) is 0 Å². The van der Waals surface area contributed by atoms with Gasteiger partial charge in [0.2, 0.25) is 0 Å². The van der Waals surface area contributed by atoms with Crippen molar-refractivity contribution in [1.82, 2.24) is 24.6 Å². The Hall–Kier alpha value is -3.69. The molecule has 10 heteroatoms. The Morgan fingerprint density at radius 1 is 0.781 bits per heavy atom. The number of hydrogen-bond donors (Lipinski definition) is 0. The molecular weight excluding hydrogens is 423 g/mol. The van der Waals surface area contributed by atoms with E-state index in [0.29, 0.717) is 49.4 Å². The highest BCUT2D eigenvalue weighted by molar-refractivity contribution is 5.95. The first-order valence-electron chi connectivity index (χ1n) is 10.0. The summed E-state index contributed by atoms with van der Waals surface area (Å²) in [5.41, 5.74) is 0.420. The number of aromatic nitrogens is 3. The third kappa shape index (κ3) is 4.63. The van der Waals surface area contributed by atoms with E-state index in [1.165, 1.54) is 6.20 Å². The molecule has 0 saturated carbocycles. The van der Waals surface area contributed by atoms with Crippen molar-refractivity contribution >= 4 is 11.8 Å². The average Bonchev–Trinajstić information content (AvgIpc) is 3.18. The largest absolute Gasteiger partial charge is 0.435 e. The molecule has 0 N–H and O–H groups in total. The predicted octanol–water partition coefficient (Wildman–Crippen LogP) is 3.27. The molecule has 166 valence electrons. The number of rotatable bonds is 3. The van der Waals surface area contributed by atoms with E-state index < -0.39 is 11.9 Å². The molecule has 0 unspecified atom stereocenters. The highest BCUT2D eigenvalue weighted by Gasteiger charge is 2.33. The van der Waals surface area contributed by atoms with E-state index in [-0.39, 0.29) is 11.8 Å². The number of amides is 2. The highest BCUT2D eigenvalue weighted by Crippen LogP contribution is 2.28. The van der Waals surface area contributed by atoms with Crippen LogP contribution in [0.25, 0.3) is 5.69 Å². The van der Waals surface area contributed by atoms with Gasteiger partial charge in [0.25, 0.3) is 11.8 Å². The maximum atomic E-state index is 12.9. The van der Waals surface area contributed by atoms with Crippen LogP contribution in [0.5, 0.6) is 0 Å². The molecule has 1 saturated heterocycles. The molecule has 0 bridgehead atoms. The fraction of sp³-hybridized carbons (Fsp3) is 0.273. The van der Waals surface area contributed by atoms with Gasteiger partial charge in [0.1, 0.15) is 0 Å². The summed E-state index contributed by atoms with van der Waals surface area (Å²) in [6, 6.07) is 10.5. The summed E-state index contributed by atoms with van der Waals surface area (Å²) in [5, 5.41) is 3.53. The molecule has 1 aromatic carbocycles. The topological polar surface area (TPSA) is 71.3 Å². The van der Waals surface area contributed by atoms with E-state index >= 15 is 0 Å². The predicted molar refractivity (Wildman–Crippen MR) is 109 cm³/mol. The van der Waals surface area contributed by atoms with Gasteiger partial charge in [-0.3, -0.25) is 14.6 Å². The van der Waals surface area contributed by atoms with Crippen molar-refractivity contribution < 1.29 is 22.8 Å². The summed E-state index contributed by atoms with van der Waals surface area (Å²) in [6.07, 6.45) is 0.493. The standard InChI is InChI=1S/C22H20F3N5O2/c23-22(24,25)19-8-13-30(27-19)18-4-2-16(3-5-18)20(31)28-11-1-12-29(15-14-28)21(32)17-6-9-26-10-7-17/h2-10,13H,1,11-12,14-15H2. The summed E-state index contributed by atoms with van der Waals surface area (Å²) in [7, 11) is 0. The second-order valence-electron chi connectivity index (χ2n) is 7.36. The van der Waals surface area contributed by atoms with Crippen LogP contribution in [0.2, 0.25) is 0 Å². The summed E-state index contributed by atoms with van der Waals surface area (Å²) in [5.74, 6) is -0.283. The zero-order valence-corrected chi connectivity index (χ0v) is 17.0. The molecule has 2 aromatic heterocycles. The van der Waals surface area contributed by atoms with Crippen LogP contribution in [0.3, 0.4) is 0 Å². The SMILES string of the molecule is O=C(c1ccncc1)N1CCCN(C(=O)c2ccc(-n3ccc(C(F)(F)F)n3)cc2)CC1. The molecule has 3 aromatic rings. The lowest BCUT2D eigenvalue weighted by Crippen LogP contribution is -2.37. The van der Waals surface area contributed by atoms with Crippen LogP contribution in [-0.4, -0.2) is 62.6 Å². The molecule has 0 radical (unpaired) electrons. The van der Waals surface area contributed by atoms with Crippen LogP contribution >= 0.6 is 0 Å². The van der Waals surface area contributed by atoms with Crippen LogP contribution < -0.4 is 0 Å². The molecule has 0 aliphatic carbocycles. The molecule has 4 rings (SSSR count). The first-order valence-corrected chi connectivity index (χ1v) is 10.0. The summed E-state index contributed by atoms with van der Waals surface area (Å²) in [6.45, 7) is 1.86. The van der Waals surface area contributed by atoms with Crippen molar-refractivity contribution in [3.63, 3.8) is 0 Å². The number of pyridine rings is 1. The van der Waals surface area contributed by atoms with Crippen LogP contribution in [0, 0.1) is 0 Å². The first-order chi connectivity index (χ1) is 15.3. The normalized spacial score (nSPS) is 14.8. The van der Waals surface area contributed by atoms with Gasteiger partial charge in [-0.25, -0.2) is 4.68 Å². The van der Waals surface area contributed by atoms with E-state index in [1.54, 1.807) is 58.6 Å². The summed E-state index contributed by atoms with van der Waals surface area (Å²) in [4.78, 5) is 32.9. The molecule has 1 fully saturated rings. The molecule has 32 heavy (non-hydrogen) atoms. The van der Waals surface area contributed by atoms with Crippen LogP contribution in [-0.2, 0) is 6.18 Å². The van der Waals surface area contributed by atoms with Crippen molar-refractivity contribution in [3.8, 4) is 5.69 Å². The maximum Gasteiger partial charge on any atom is 0.435 e. The van der Waals surface area contributed by atoms with Crippen molar-refractivity contribution in [3.05, 3.63) is 77.9 Å². The molecule has 1 aliphatic heterocycles. The Balaban J connectivity index is 1.41. The van der Waals surface area contributed by atoms with Crippen molar-refractivity contribution in [1.29, 1.82) is 0 Å². The Bertz CT molecular complexity index is 1100. The van der Waals surface area contributed by atoms with Gasteiger partial charge in [0.15, 0.2) is 5.69 Å². The zero-order valence-electron chi connectivity index (χ0n) is 17.0. The van der Waals surface area contributed by atoms with Gasteiger partial charge in [-0.1, -0.05) is 0 Å². The minimum atomic E-state index is -4.51. The number of carbonyl (C=O) groups is 2. The average molecular weight is 443 g/mol. The van der Waals surface area contributed by atoms with E-state index in [0.717, 1.165) is 10.7 Å². The molecule has 0 atom stereocenters. The summed E-state index contributed by atoms with van der Waals surface area (Å²) >= 11 is 0. The summed E-state index contributed by atoms with van der Waals surface area (Å²) < 4.78 is 39.4. The number of benzene rings is 1. The fourth-order valence-corrected chi connectivity index (χ4v) is 3.56. The lowest BCUT2D eigenvalue weighted by Gasteiger charge is -2.22. The van der Waals surface area contributed by atoms with Gasteiger partial charge in [0.05, 0.1) is 5.69 Å².